The Bertz CT molecular complexity index is 791. The summed E-state index contributed by atoms with van der Waals surface area (Å²) in [5, 5.41) is 0. The lowest BCUT2D eigenvalue weighted by molar-refractivity contribution is -0.136. The molecule has 5 heteroatoms. The molecule has 0 saturated carbocycles. The first kappa shape index (κ1) is 18.1. The smallest absolute Gasteiger partial charge is 0.340 e. The highest BCUT2D eigenvalue weighted by Crippen LogP contribution is 2.32. The normalized spacial score (nSPS) is 19.2. The van der Waals surface area contributed by atoms with Gasteiger partial charge in [-0.15, -0.1) is 0 Å². The lowest BCUT2D eigenvalue weighted by Crippen LogP contribution is -2.26. The molecule has 1 aliphatic heterocycles. The molecule has 0 spiro atoms. The summed E-state index contributed by atoms with van der Waals surface area (Å²) in [7, 11) is 1.34. The summed E-state index contributed by atoms with van der Waals surface area (Å²) in [6.07, 6.45) is 12.9. The maximum Gasteiger partial charge on any atom is 0.340 e. The Balaban J connectivity index is 1.88. The zero-order chi connectivity index (χ0) is 18.5. The molecule has 136 valence electrons. The second kappa shape index (κ2) is 8.13. The lowest BCUT2D eigenvalue weighted by Gasteiger charge is -2.20. The first-order valence-corrected chi connectivity index (χ1v) is 9.03. The molecule has 1 aliphatic carbocycles. The molecule has 1 aromatic heterocycles. The van der Waals surface area contributed by atoms with E-state index in [1.165, 1.54) is 25.5 Å². The average molecular weight is 352 g/mol. The van der Waals surface area contributed by atoms with E-state index in [0.717, 1.165) is 24.8 Å². The van der Waals surface area contributed by atoms with Gasteiger partial charge in [0.05, 0.1) is 18.3 Å². The number of rotatable bonds is 5. The predicted molar refractivity (Wildman–Crippen MR) is 99.8 cm³/mol. The van der Waals surface area contributed by atoms with Gasteiger partial charge in [0.25, 0.3) is 5.91 Å². The second-order valence-electron chi connectivity index (χ2n) is 6.61. The Labute approximate surface area is 154 Å². The molecule has 1 amide bonds. The molecular weight excluding hydrogens is 328 g/mol. The Morgan fingerprint density at radius 3 is 2.73 bits per heavy atom. The number of aromatic nitrogens is 1. The number of allylic oxidation sites excluding steroid dienone is 2. The molecule has 2 aliphatic rings. The van der Waals surface area contributed by atoms with Crippen LogP contribution < -0.4 is 0 Å². The molecule has 0 radical (unpaired) electrons. The van der Waals surface area contributed by atoms with E-state index in [2.05, 4.69) is 11.1 Å². The van der Waals surface area contributed by atoms with E-state index < -0.39 is 5.97 Å². The highest BCUT2D eigenvalue weighted by Gasteiger charge is 2.36. The Morgan fingerprint density at radius 2 is 2.08 bits per heavy atom. The summed E-state index contributed by atoms with van der Waals surface area (Å²) >= 11 is 0. The summed E-state index contributed by atoms with van der Waals surface area (Å²) in [5.41, 5.74) is 3.64. The largest absolute Gasteiger partial charge is 0.465 e. The molecule has 0 unspecified atom stereocenters. The van der Waals surface area contributed by atoms with Crippen molar-refractivity contribution < 1.29 is 14.3 Å². The van der Waals surface area contributed by atoms with Crippen LogP contribution >= 0.6 is 0 Å². The summed E-state index contributed by atoms with van der Waals surface area (Å²) in [5.74, 6) is -0.619. The van der Waals surface area contributed by atoms with Crippen molar-refractivity contribution in [1.29, 1.82) is 0 Å². The zero-order valence-corrected chi connectivity index (χ0v) is 15.3. The molecule has 0 bridgehead atoms. The molecule has 0 saturated heterocycles. The molecule has 26 heavy (non-hydrogen) atoms. The third-order valence-corrected chi connectivity index (χ3v) is 4.96. The molecule has 3 rings (SSSR count). The predicted octanol–water partition coefficient (Wildman–Crippen LogP) is 3.64. The van der Waals surface area contributed by atoms with Gasteiger partial charge in [-0.1, -0.05) is 11.6 Å². The van der Waals surface area contributed by atoms with Crippen molar-refractivity contribution in [3.8, 4) is 0 Å². The molecule has 5 nitrogen and oxygen atoms in total. The number of methoxy groups -OCH3 is 1. The SMILES string of the molecule is COC(=O)C1=C(C)N(CCC2=CCCCC2)C(=O)/C1=C\c1ccncc1. The van der Waals surface area contributed by atoms with Gasteiger partial charge in [-0.3, -0.25) is 9.78 Å². The van der Waals surface area contributed by atoms with Crippen molar-refractivity contribution in [2.24, 2.45) is 0 Å². The van der Waals surface area contributed by atoms with Crippen LogP contribution in [0.3, 0.4) is 0 Å². The van der Waals surface area contributed by atoms with Gasteiger partial charge < -0.3 is 9.64 Å². The maximum absolute atomic E-state index is 13.0. The van der Waals surface area contributed by atoms with E-state index in [0.29, 0.717) is 23.4 Å². The second-order valence-corrected chi connectivity index (χ2v) is 6.61. The molecule has 0 atom stereocenters. The van der Waals surface area contributed by atoms with Crippen molar-refractivity contribution in [2.75, 3.05) is 13.7 Å². The minimum atomic E-state index is -0.476. The summed E-state index contributed by atoms with van der Waals surface area (Å²) in [4.78, 5) is 31.0. The maximum atomic E-state index is 13.0. The topological polar surface area (TPSA) is 59.5 Å². The summed E-state index contributed by atoms with van der Waals surface area (Å²) in [6, 6.07) is 3.61. The Kier molecular flexibility index (Phi) is 5.66. The summed E-state index contributed by atoms with van der Waals surface area (Å²) < 4.78 is 4.92. The van der Waals surface area contributed by atoms with Crippen LogP contribution in [0.15, 0.2) is 53.0 Å². The van der Waals surface area contributed by atoms with Crippen molar-refractivity contribution in [2.45, 2.75) is 39.0 Å². The number of esters is 1. The van der Waals surface area contributed by atoms with Crippen LogP contribution in [0.25, 0.3) is 6.08 Å². The van der Waals surface area contributed by atoms with E-state index >= 15 is 0 Å². The number of carbonyl (C=O) groups is 2. The number of hydrogen-bond donors (Lipinski definition) is 0. The van der Waals surface area contributed by atoms with Crippen molar-refractivity contribution >= 4 is 18.0 Å². The number of hydrogen-bond acceptors (Lipinski definition) is 4. The van der Waals surface area contributed by atoms with E-state index in [-0.39, 0.29) is 5.91 Å². The fourth-order valence-electron chi connectivity index (χ4n) is 3.51. The van der Waals surface area contributed by atoms with Crippen molar-refractivity contribution in [3.63, 3.8) is 0 Å². The number of nitrogens with zero attached hydrogens (tertiary/aromatic N) is 2. The standard InChI is InChI=1S/C21H24N2O3/c1-15-19(21(25)26-2)18(14-17-8-11-22-12-9-17)20(24)23(15)13-10-16-6-4-3-5-7-16/h6,8-9,11-12,14H,3-5,7,10,13H2,1-2H3/b18-14-. The van der Waals surface area contributed by atoms with Crippen LogP contribution in [0, 0.1) is 0 Å². The third-order valence-electron chi connectivity index (χ3n) is 4.96. The highest BCUT2D eigenvalue weighted by molar-refractivity contribution is 6.16. The first-order chi connectivity index (χ1) is 12.6. The van der Waals surface area contributed by atoms with Gasteiger partial charge >= 0.3 is 5.97 Å². The number of pyridine rings is 1. The van der Waals surface area contributed by atoms with Gasteiger partial charge in [0.2, 0.25) is 0 Å². The molecule has 0 aromatic carbocycles. The van der Waals surface area contributed by atoms with Crippen LogP contribution in [0.1, 0.15) is 44.6 Å². The molecule has 2 heterocycles. The average Bonchev–Trinajstić information content (AvgIpc) is 2.91. The van der Waals surface area contributed by atoms with Crippen LogP contribution in [-0.4, -0.2) is 35.4 Å². The minimum Gasteiger partial charge on any atom is -0.465 e. The van der Waals surface area contributed by atoms with E-state index in [1.807, 2.05) is 6.92 Å². The van der Waals surface area contributed by atoms with E-state index in [1.54, 1.807) is 35.5 Å². The molecule has 0 N–H and O–H groups in total. The number of ether oxygens (including phenoxy) is 1. The van der Waals surface area contributed by atoms with Crippen LogP contribution in [-0.2, 0) is 14.3 Å². The van der Waals surface area contributed by atoms with Gasteiger partial charge in [-0.2, -0.15) is 0 Å². The van der Waals surface area contributed by atoms with Gasteiger partial charge in [0, 0.05) is 24.6 Å². The van der Waals surface area contributed by atoms with E-state index in [9.17, 15) is 9.59 Å². The monoisotopic (exact) mass is 352 g/mol. The van der Waals surface area contributed by atoms with Crippen molar-refractivity contribution in [3.05, 3.63) is 58.6 Å². The lowest BCUT2D eigenvalue weighted by atomic mass is 9.97. The molecular formula is C21H24N2O3. The van der Waals surface area contributed by atoms with Gasteiger partial charge in [-0.05, 0) is 62.8 Å². The first-order valence-electron chi connectivity index (χ1n) is 9.03. The third kappa shape index (κ3) is 3.77. The molecule has 0 fully saturated rings. The highest BCUT2D eigenvalue weighted by atomic mass is 16.5. The van der Waals surface area contributed by atoms with Gasteiger partial charge in [0.15, 0.2) is 0 Å². The molecule has 1 aromatic rings. The van der Waals surface area contributed by atoms with Crippen LogP contribution in [0.4, 0.5) is 0 Å². The van der Waals surface area contributed by atoms with Gasteiger partial charge in [-0.25, -0.2) is 4.79 Å². The Morgan fingerprint density at radius 1 is 1.31 bits per heavy atom. The fourth-order valence-corrected chi connectivity index (χ4v) is 3.51. The summed E-state index contributed by atoms with van der Waals surface area (Å²) in [6.45, 7) is 2.40. The van der Waals surface area contributed by atoms with Crippen molar-refractivity contribution in [1.82, 2.24) is 9.88 Å². The fraction of sp³-hybridized carbons (Fsp3) is 0.381. The number of carbonyl (C=O) groups excluding carboxylic acids is 2. The zero-order valence-electron chi connectivity index (χ0n) is 15.3. The minimum absolute atomic E-state index is 0.142. The quantitative estimate of drug-likeness (QED) is 0.461. The van der Waals surface area contributed by atoms with Crippen LogP contribution in [0.5, 0.6) is 0 Å². The van der Waals surface area contributed by atoms with Crippen LogP contribution in [0.2, 0.25) is 0 Å². The Hall–Kier alpha value is -2.69. The number of amides is 1. The van der Waals surface area contributed by atoms with Gasteiger partial charge in [0.1, 0.15) is 0 Å². The van der Waals surface area contributed by atoms with E-state index in [4.69, 9.17) is 4.74 Å².